The van der Waals surface area contributed by atoms with E-state index in [4.69, 9.17) is 0 Å². The van der Waals surface area contributed by atoms with Gasteiger partial charge in [0.05, 0.1) is 5.75 Å². The maximum atomic E-state index is 12.3. The van der Waals surface area contributed by atoms with Crippen molar-refractivity contribution in [1.29, 1.82) is 0 Å². The summed E-state index contributed by atoms with van der Waals surface area (Å²) in [7, 11) is 0. The van der Waals surface area contributed by atoms with Crippen molar-refractivity contribution in [1.82, 2.24) is 25.4 Å². The number of nitrogens with one attached hydrogen (secondary N) is 2. The number of amides is 3. The minimum atomic E-state index is -0.421. The molecule has 0 bridgehead atoms. The molecule has 7 nitrogen and oxygen atoms in total. The topological polar surface area (TPSA) is 88.9 Å². The number of thiophene rings is 1. The van der Waals surface area contributed by atoms with Gasteiger partial charge in [-0.2, -0.15) is 0 Å². The third-order valence-electron chi connectivity index (χ3n) is 4.90. The van der Waals surface area contributed by atoms with E-state index in [9.17, 15) is 9.59 Å². The number of imide groups is 1. The van der Waals surface area contributed by atoms with Crippen LogP contribution in [0.2, 0.25) is 0 Å². The monoisotopic (exact) mass is 441 g/mol. The summed E-state index contributed by atoms with van der Waals surface area (Å²) in [5.74, 6) is 0.547. The summed E-state index contributed by atoms with van der Waals surface area (Å²) in [6, 6.07) is 13.7. The SMILES string of the molecule is O=C(CSc1nnc(Cc2cccs2)n1-c1ccccc1)NC(=O)NC1CCCC1. The van der Waals surface area contributed by atoms with Crippen LogP contribution in [0.1, 0.15) is 36.4 Å². The number of nitrogens with zero attached hydrogens (tertiary/aromatic N) is 3. The Kier molecular flexibility index (Phi) is 6.81. The van der Waals surface area contributed by atoms with E-state index >= 15 is 0 Å². The van der Waals surface area contributed by atoms with Gasteiger partial charge >= 0.3 is 6.03 Å². The molecule has 1 fully saturated rings. The van der Waals surface area contributed by atoms with E-state index < -0.39 is 6.03 Å². The molecule has 0 saturated heterocycles. The third kappa shape index (κ3) is 5.28. The fourth-order valence-electron chi connectivity index (χ4n) is 3.50. The van der Waals surface area contributed by atoms with E-state index in [1.165, 1.54) is 16.6 Å². The fraction of sp³-hybridized carbons (Fsp3) is 0.333. The second-order valence-corrected chi connectivity index (χ2v) is 9.09. The number of hydrogen-bond donors (Lipinski definition) is 2. The molecular formula is C21H23N5O2S2. The Morgan fingerprint density at radius 1 is 1.10 bits per heavy atom. The van der Waals surface area contributed by atoms with Crippen LogP contribution in [0, 0.1) is 0 Å². The summed E-state index contributed by atoms with van der Waals surface area (Å²) in [5, 5.41) is 16.6. The summed E-state index contributed by atoms with van der Waals surface area (Å²) in [4.78, 5) is 25.5. The first kappa shape index (κ1) is 20.6. The summed E-state index contributed by atoms with van der Waals surface area (Å²) in [5.41, 5.74) is 0.941. The first-order valence-electron chi connectivity index (χ1n) is 9.94. The number of para-hydroxylation sites is 1. The van der Waals surface area contributed by atoms with Crippen LogP contribution in [0.3, 0.4) is 0 Å². The molecule has 0 spiro atoms. The van der Waals surface area contributed by atoms with Crippen LogP contribution < -0.4 is 10.6 Å². The van der Waals surface area contributed by atoms with E-state index in [0.29, 0.717) is 11.6 Å². The number of thioether (sulfide) groups is 1. The average molecular weight is 442 g/mol. The van der Waals surface area contributed by atoms with Gasteiger partial charge in [-0.25, -0.2) is 4.79 Å². The van der Waals surface area contributed by atoms with Gasteiger partial charge < -0.3 is 5.32 Å². The number of benzene rings is 1. The van der Waals surface area contributed by atoms with Crippen molar-refractivity contribution in [2.24, 2.45) is 0 Å². The maximum absolute atomic E-state index is 12.3. The van der Waals surface area contributed by atoms with Gasteiger partial charge in [0, 0.05) is 23.0 Å². The average Bonchev–Trinajstić information content (AvgIpc) is 3.50. The van der Waals surface area contributed by atoms with Gasteiger partial charge in [0.2, 0.25) is 5.91 Å². The van der Waals surface area contributed by atoms with Crippen molar-refractivity contribution in [2.45, 2.75) is 43.3 Å². The fourth-order valence-corrected chi connectivity index (χ4v) is 4.97. The summed E-state index contributed by atoms with van der Waals surface area (Å²) in [6.07, 6.45) is 4.86. The quantitative estimate of drug-likeness (QED) is 0.545. The van der Waals surface area contributed by atoms with Crippen LogP contribution in [-0.4, -0.2) is 38.5 Å². The van der Waals surface area contributed by atoms with Crippen LogP contribution in [0.5, 0.6) is 0 Å². The van der Waals surface area contributed by atoms with E-state index in [-0.39, 0.29) is 17.7 Å². The smallest absolute Gasteiger partial charge is 0.321 e. The first-order chi connectivity index (χ1) is 14.7. The molecule has 2 aromatic heterocycles. The number of carbonyl (C=O) groups excluding carboxylic acids is 2. The number of urea groups is 1. The zero-order chi connectivity index (χ0) is 20.8. The second-order valence-electron chi connectivity index (χ2n) is 7.12. The van der Waals surface area contributed by atoms with Crippen LogP contribution in [0.15, 0.2) is 53.0 Å². The second kappa shape index (κ2) is 9.90. The van der Waals surface area contributed by atoms with Crippen molar-refractivity contribution in [3.05, 3.63) is 58.5 Å². The van der Waals surface area contributed by atoms with E-state index in [2.05, 4.69) is 26.9 Å². The number of aromatic nitrogens is 3. The number of hydrogen-bond acceptors (Lipinski definition) is 6. The zero-order valence-electron chi connectivity index (χ0n) is 16.4. The molecule has 1 aliphatic carbocycles. The Morgan fingerprint density at radius 3 is 2.63 bits per heavy atom. The summed E-state index contributed by atoms with van der Waals surface area (Å²) < 4.78 is 1.97. The highest BCUT2D eigenvalue weighted by atomic mass is 32.2. The van der Waals surface area contributed by atoms with Crippen LogP contribution in [-0.2, 0) is 11.2 Å². The van der Waals surface area contributed by atoms with Gasteiger partial charge in [0.15, 0.2) is 5.16 Å². The third-order valence-corrected chi connectivity index (χ3v) is 6.71. The first-order valence-corrected chi connectivity index (χ1v) is 11.8. The molecule has 1 saturated carbocycles. The van der Waals surface area contributed by atoms with Crippen molar-refractivity contribution < 1.29 is 9.59 Å². The highest BCUT2D eigenvalue weighted by molar-refractivity contribution is 7.99. The Hall–Kier alpha value is -2.65. The molecule has 1 aromatic carbocycles. The molecule has 0 atom stereocenters. The maximum Gasteiger partial charge on any atom is 0.321 e. The van der Waals surface area contributed by atoms with Gasteiger partial charge in [0.1, 0.15) is 5.82 Å². The van der Waals surface area contributed by atoms with Gasteiger partial charge in [-0.05, 0) is 36.4 Å². The predicted octanol–water partition coefficient (Wildman–Crippen LogP) is 3.78. The minimum absolute atomic E-state index is 0.0854. The molecule has 4 rings (SSSR count). The highest BCUT2D eigenvalue weighted by Gasteiger charge is 2.20. The van der Waals surface area contributed by atoms with Gasteiger partial charge in [0.25, 0.3) is 0 Å². The molecule has 0 aliphatic heterocycles. The lowest BCUT2D eigenvalue weighted by Crippen LogP contribution is -2.44. The Balaban J connectivity index is 1.42. The zero-order valence-corrected chi connectivity index (χ0v) is 18.0. The highest BCUT2D eigenvalue weighted by Crippen LogP contribution is 2.24. The minimum Gasteiger partial charge on any atom is -0.335 e. The van der Waals surface area contributed by atoms with E-state index in [0.717, 1.165) is 37.2 Å². The predicted molar refractivity (Wildman–Crippen MR) is 118 cm³/mol. The Bertz CT molecular complexity index is 982. The molecule has 156 valence electrons. The van der Waals surface area contributed by atoms with Gasteiger partial charge in [-0.15, -0.1) is 21.5 Å². The van der Waals surface area contributed by atoms with Crippen molar-refractivity contribution in [3.8, 4) is 5.69 Å². The Labute approximate surface area is 183 Å². The molecular weight excluding hydrogens is 418 g/mol. The lowest BCUT2D eigenvalue weighted by Gasteiger charge is -2.12. The normalized spacial score (nSPS) is 14.0. The van der Waals surface area contributed by atoms with Crippen LogP contribution in [0.25, 0.3) is 5.69 Å². The van der Waals surface area contributed by atoms with Crippen molar-refractivity contribution >= 4 is 35.0 Å². The molecule has 0 unspecified atom stereocenters. The molecule has 3 aromatic rings. The molecule has 2 N–H and O–H groups in total. The van der Waals surface area contributed by atoms with Gasteiger partial charge in [-0.3, -0.25) is 14.7 Å². The molecule has 1 aliphatic rings. The molecule has 9 heteroatoms. The summed E-state index contributed by atoms with van der Waals surface area (Å²) in [6.45, 7) is 0. The Morgan fingerprint density at radius 2 is 1.90 bits per heavy atom. The van der Waals surface area contributed by atoms with E-state index in [1.54, 1.807) is 11.3 Å². The standard InChI is InChI=1S/C21H23N5O2S2/c27-19(23-20(28)22-15-7-4-5-8-15)14-30-21-25-24-18(13-17-11-6-12-29-17)26(21)16-9-2-1-3-10-16/h1-3,6,9-12,15H,4-5,7-8,13-14H2,(H2,22,23,27,28). The number of rotatable bonds is 7. The largest absolute Gasteiger partial charge is 0.335 e. The van der Waals surface area contributed by atoms with Crippen molar-refractivity contribution in [2.75, 3.05) is 5.75 Å². The number of carbonyl (C=O) groups is 2. The molecule has 30 heavy (non-hydrogen) atoms. The molecule has 3 amide bonds. The molecule has 2 heterocycles. The van der Waals surface area contributed by atoms with Crippen LogP contribution >= 0.6 is 23.1 Å². The van der Waals surface area contributed by atoms with E-state index in [1.807, 2.05) is 46.3 Å². The van der Waals surface area contributed by atoms with Crippen molar-refractivity contribution in [3.63, 3.8) is 0 Å². The molecule has 0 radical (unpaired) electrons. The van der Waals surface area contributed by atoms with Gasteiger partial charge in [-0.1, -0.05) is 48.9 Å². The lowest BCUT2D eigenvalue weighted by molar-refractivity contribution is -0.117. The van der Waals surface area contributed by atoms with Crippen LogP contribution in [0.4, 0.5) is 4.79 Å². The summed E-state index contributed by atoms with van der Waals surface area (Å²) >= 11 is 2.94. The lowest BCUT2D eigenvalue weighted by atomic mass is 10.2.